The van der Waals surface area contributed by atoms with E-state index in [1.807, 2.05) is 6.92 Å². The van der Waals surface area contributed by atoms with E-state index in [0.717, 1.165) is 24.6 Å². The highest BCUT2D eigenvalue weighted by Crippen LogP contribution is 2.26. The third kappa shape index (κ3) is 3.45. The molecule has 0 bridgehead atoms. The SMILES string of the molecule is CCCNc1ncnc(Nc2cccc(F)c2F)c1CC. The van der Waals surface area contributed by atoms with Gasteiger partial charge >= 0.3 is 0 Å². The molecule has 0 amide bonds. The van der Waals surface area contributed by atoms with Gasteiger partial charge in [0.1, 0.15) is 18.0 Å². The van der Waals surface area contributed by atoms with E-state index < -0.39 is 11.6 Å². The molecule has 0 saturated carbocycles. The number of hydrogen-bond donors (Lipinski definition) is 2. The van der Waals surface area contributed by atoms with E-state index in [2.05, 4.69) is 27.5 Å². The Kier molecular flexibility index (Phi) is 5.03. The van der Waals surface area contributed by atoms with E-state index in [-0.39, 0.29) is 5.69 Å². The number of nitrogens with one attached hydrogen (secondary N) is 2. The van der Waals surface area contributed by atoms with Crippen LogP contribution in [-0.4, -0.2) is 16.5 Å². The molecular formula is C15H18F2N4. The monoisotopic (exact) mass is 292 g/mol. The van der Waals surface area contributed by atoms with Gasteiger partial charge in [0.25, 0.3) is 0 Å². The van der Waals surface area contributed by atoms with Crippen LogP contribution in [-0.2, 0) is 6.42 Å². The maximum Gasteiger partial charge on any atom is 0.182 e. The molecule has 0 radical (unpaired) electrons. The molecule has 6 heteroatoms. The predicted molar refractivity (Wildman–Crippen MR) is 79.8 cm³/mol. The van der Waals surface area contributed by atoms with Crippen LogP contribution < -0.4 is 10.6 Å². The van der Waals surface area contributed by atoms with Crippen LogP contribution in [0.1, 0.15) is 25.8 Å². The molecule has 0 aliphatic carbocycles. The minimum atomic E-state index is -0.916. The van der Waals surface area contributed by atoms with Gasteiger partial charge in [0.15, 0.2) is 11.6 Å². The van der Waals surface area contributed by atoms with Crippen LogP contribution in [0.4, 0.5) is 26.1 Å². The standard InChI is InChI=1S/C15H18F2N4/c1-3-8-18-14-10(4-2)15(20-9-19-14)21-12-7-5-6-11(16)13(12)17/h5-7,9H,3-4,8H2,1-2H3,(H2,18,19,20,21). The molecule has 0 aliphatic rings. The molecular weight excluding hydrogens is 274 g/mol. The van der Waals surface area contributed by atoms with E-state index in [9.17, 15) is 8.78 Å². The lowest BCUT2D eigenvalue weighted by Gasteiger charge is -2.14. The second-order valence-electron chi connectivity index (χ2n) is 4.56. The lowest BCUT2D eigenvalue weighted by atomic mass is 10.2. The van der Waals surface area contributed by atoms with Crippen molar-refractivity contribution >= 4 is 17.3 Å². The summed E-state index contributed by atoms with van der Waals surface area (Å²) in [6.07, 6.45) is 3.04. The topological polar surface area (TPSA) is 49.8 Å². The summed E-state index contributed by atoms with van der Waals surface area (Å²) < 4.78 is 27.0. The molecule has 0 spiro atoms. The first kappa shape index (κ1) is 15.2. The summed E-state index contributed by atoms with van der Waals surface area (Å²) in [6, 6.07) is 4.00. The number of anilines is 3. The van der Waals surface area contributed by atoms with Crippen molar-refractivity contribution in [3.05, 3.63) is 41.7 Å². The van der Waals surface area contributed by atoms with E-state index in [1.54, 1.807) is 0 Å². The summed E-state index contributed by atoms with van der Waals surface area (Å²) in [7, 11) is 0. The van der Waals surface area contributed by atoms with Gasteiger partial charge in [-0.05, 0) is 25.0 Å². The van der Waals surface area contributed by atoms with Gasteiger partial charge in [-0.1, -0.05) is 19.9 Å². The van der Waals surface area contributed by atoms with Crippen molar-refractivity contribution in [2.45, 2.75) is 26.7 Å². The highest BCUT2D eigenvalue weighted by Gasteiger charge is 2.13. The average molecular weight is 292 g/mol. The van der Waals surface area contributed by atoms with Gasteiger partial charge in [-0.3, -0.25) is 0 Å². The normalized spacial score (nSPS) is 10.5. The fraction of sp³-hybridized carbons (Fsp3) is 0.333. The van der Waals surface area contributed by atoms with Crippen molar-refractivity contribution in [3.63, 3.8) is 0 Å². The Labute approximate surface area is 122 Å². The number of rotatable bonds is 6. The molecule has 2 rings (SSSR count). The van der Waals surface area contributed by atoms with Gasteiger partial charge in [0, 0.05) is 12.1 Å². The Bertz CT molecular complexity index is 617. The molecule has 21 heavy (non-hydrogen) atoms. The zero-order chi connectivity index (χ0) is 15.2. The molecule has 0 saturated heterocycles. The minimum absolute atomic E-state index is 0.0600. The molecule has 0 aliphatic heterocycles. The van der Waals surface area contributed by atoms with Crippen LogP contribution in [0.15, 0.2) is 24.5 Å². The Hall–Kier alpha value is -2.24. The van der Waals surface area contributed by atoms with E-state index in [0.29, 0.717) is 18.1 Å². The molecule has 2 aromatic rings. The third-order valence-corrected chi connectivity index (χ3v) is 3.05. The fourth-order valence-corrected chi connectivity index (χ4v) is 1.98. The first-order chi connectivity index (χ1) is 10.2. The van der Waals surface area contributed by atoms with Gasteiger partial charge in [0.2, 0.25) is 0 Å². The summed E-state index contributed by atoms with van der Waals surface area (Å²) >= 11 is 0. The van der Waals surface area contributed by atoms with Crippen molar-refractivity contribution in [1.29, 1.82) is 0 Å². The molecule has 0 atom stereocenters. The van der Waals surface area contributed by atoms with Gasteiger partial charge in [0.05, 0.1) is 5.69 Å². The second kappa shape index (κ2) is 6.97. The number of benzene rings is 1. The molecule has 0 fully saturated rings. The number of hydrogen-bond acceptors (Lipinski definition) is 4. The number of nitrogens with zero attached hydrogens (tertiary/aromatic N) is 2. The molecule has 0 unspecified atom stereocenters. The van der Waals surface area contributed by atoms with Crippen molar-refractivity contribution in [2.24, 2.45) is 0 Å². The smallest absolute Gasteiger partial charge is 0.182 e. The quantitative estimate of drug-likeness (QED) is 0.848. The zero-order valence-electron chi connectivity index (χ0n) is 12.1. The van der Waals surface area contributed by atoms with E-state index in [4.69, 9.17) is 0 Å². The largest absolute Gasteiger partial charge is 0.370 e. The van der Waals surface area contributed by atoms with Crippen LogP contribution in [0.2, 0.25) is 0 Å². The summed E-state index contributed by atoms with van der Waals surface area (Å²) in [5.74, 6) is -0.609. The van der Waals surface area contributed by atoms with E-state index in [1.165, 1.54) is 18.5 Å². The Balaban J connectivity index is 2.33. The molecule has 4 nitrogen and oxygen atoms in total. The summed E-state index contributed by atoms with van der Waals surface area (Å²) in [5, 5.41) is 6.05. The summed E-state index contributed by atoms with van der Waals surface area (Å²) in [6.45, 7) is 4.81. The van der Waals surface area contributed by atoms with Crippen molar-refractivity contribution < 1.29 is 8.78 Å². The van der Waals surface area contributed by atoms with Crippen LogP contribution in [0.25, 0.3) is 0 Å². The van der Waals surface area contributed by atoms with Crippen molar-refractivity contribution in [3.8, 4) is 0 Å². The maximum absolute atomic E-state index is 13.7. The first-order valence-corrected chi connectivity index (χ1v) is 6.96. The lowest BCUT2D eigenvalue weighted by molar-refractivity contribution is 0.511. The van der Waals surface area contributed by atoms with Gasteiger partial charge < -0.3 is 10.6 Å². The number of halogens is 2. The van der Waals surface area contributed by atoms with Crippen molar-refractivity contribution in [1.82, 2.24) is 9.97 Å². The Morgan fingerprint density at radius 2 is 1.86 bits per heavy atom. The highest BCUT2D eigenvalue weighted by atomic mass is 19.2. The van der Waals surface area contributed by atoms with E-state index >= 15 is 0 Å². The van der Waals surface area contributed by atoms with Crippen LogP contribution in [0.5, 0.6) is 0 Å². The Morgan fingerprint density at radius 1 is 1.10 bits per heavy atom. The third-order valence-electron chi connectivity index (χ3n) is 3.05. The minimum Gasteiger partial charge on any atom is -0.370 e. The molecule has 1 aromatic carbocycles. The maximum atomic E-state index is 13.7. The fourth-order valence-electron chi connectivity index (χ4n) is 1.98. The lowest BCUT2D eigenvalue weighted by Crippen LogP contribution is -2.09. The first-order valence-electron chi connectivity index (χ1n) is 6.96. The van der Waals surface area contributed by atoms with Crippen LogP contribution in [0.3, 0.4) is 0 Å². The van der Waals surface area contributed by atoms with Crippen LogP contribution in [0, 0.1) is 11.6 Å². The molecule has 1 aromatic heterocycles. The average Bonchev–Trinajstić information content (AvgIpc) is 2.50. The highest BCUT2D eigenvalue weighted by molar-refractivity contribution is 5.65. The summed E-state index contributed by atoms with van der Waals surface area (Å²) in [5.41, 5.74) is 0.902. The van der Waals surface area contributed by atoms with Gasteiger partial charge in [-0.25, -0.2) is 18.7 Å². The molecule has 1 heterocycles. The van der Waals surface area contributed by atoms with Crippen molar-refractivity contribution in [2.75, 3.05) is 17.2 Å². The molecule has 112 valence electrons. The second-order valence-corrected chi connectivity index (χ2v) is 4.56. The van der Waals surface area contributed by atoms with Crippen LogP contribution >= 0.6 is 0 Å². The van der Waals surface area contributed by atoms with Gasteiger partial charge in [-0.15, -0.1) is 0 Å². The zero-order valence-corrected chi connectivity index (χ0v) is 12.1. The van der Waals surface area contributed by atoms with Gasteiger partial charge in [-0.2, -0.15) is 0 Å². The molecule has 2 N–H and O–H groups in total. The summed E-state index contributed by atoms with van der Waals surface area (Å²) in [4.78, 5) is 8.33. The predicted octanol–water partition coefficient (Wildman–Crippen LogP) is 3.88. The number of aromatic nitrogens is 2. The Morgan fingerprint density at radius 3 is 2.57 bits per heavy atom.